The zero-order valence-electron chi connectivity index (χ0n) is 6.30. The van der Waals surface area contributed by atoms with Crippen molar-refractivity contribution in [1.29, 1.82) is 0 Å². The Morgan fingerprint density at radius 3 is 2.55 bits per heavy atom. The Hall–Kier alpha value is -1.31. The van der Waals surface area contributed by atoms with E-state index in [0.29, 0.717) is 17.6 Å². The van der Waals surface area contributed by atoms with Crippen molar-refractivity contribution in [2.75, 3.05) is 0 Å². The van der Waals surface area contributed by atoms with Gasteiger partial charge in [-0.2, -0.15) is 0 Å². The number of rotatable bonds is 2. The largest absolute Gasteiger partial charge is 0.454 e. The highest BCUT2D eigenvalue weighted by molar-refractivity contribution is 5.96. The Balaban J connectivity index is 2.74. The molecule has 1 fully saturated rings. The summed E-state index contributed by atoms with van der Waals surface area (Å²) in [6.07, 6.45) is 2.08. The van der Waals surface area contributed by atoms with Crippen molar-refractivity contribution in [3.63, 3.8) is 0 Å². The van der Waals surface area contributed by atoms with Crippen molar-refractivity contribution < 1.29 is 9.53 Å². The highest BCUT2D eigenvalue weighted by Gasteiger charge is 2.30. The molecule has 2 heteroatoms. The van der Waals surface area contributed by atoms with Crippen LogP contribution in [0.2, 0.25) is 0 Å². The molecule has 1 aliphatic heterocycles. The molecule has 11 heavy (non-hydrogen) atoms. The molecule has 0 saturated carbocycles. The van der Waals surface area contributed by atoms with Gasteiger partial charge in [0.05, 0.1) is 5.57 Å². The van der Waals surface area contributed by atoms with E-state index in [1.54, 1.807) is 6.08 Å². The van der Waals surface area contributed by atoms with E-state index in [9.17, 15) is 4.79 Å². The minimum atomic E-state index is -0.359. The molecular formula is C9H10O2. The fourth-order valence-electron chi connectivity index (χ4n) is 0.939. The first kappa shape index (κ1) is 7.79. The molecular weight excluding hydrogens is 140 g/mol. The number of carbonyl (C=O) groups is 1. The summed E-state index contributed by atoms with van der Waals surface area (Å²) in [5.74, 6) is -0.359. The molecule has 0 radical (unpaired) electrons. The van der Waals surface area contributed by atoms with Gasteiger partial charge in [-0.1, -0.05) is 19.2 Å². The third kappa shape index (κ3) is 1.24. The van der Waals surface area contributed by atoms with Crippen LogP contribution in [0.5, 0.6) is 0 Å². The van der Waals surface area contributed by atoms with Crippen LogP contribution in [0.1, 0.15) is 6.42 Å². The molecule has 1 unspecified atom stereocenters. The zero-order valence-corrected chi connectivity index (χ0v) is 6.30. The summed E-state index contributed by atoms with van der Waals surface area (Å²) in [4.78, 5) is 10.9. The van der Waals surface area contributed by atoms with E-state index in [2.05, 4.69) is 19.7 Å². The van der Waals surface area contributed by atoms with Crippen LogP contribution in [0, 0.1) is 0 Å². The standard InChI is InChI=1S/C9H10O2/c1-4-5-8-6(2)7(3)9(10)11-8/h4,8H,1-3,5H2. The molecule has 1 aliphatic rings. The summed E-state index contributed by atoms with van der Waals surface area (Å²) in [7, 11) is 0. The minimum Gasteiger partial charge on any atom is -0.454 e. The van der Waals surface area contributed by atoms with Crippen LogP contribution in [-0.2, 0) is 9.53 Å². The van der Waals surface area contributed by atoms with Crippen LogP contribution < -0.4 is 0 Å². The Morgan fingerprint density at radius 2 is 2.18 bits per heavy atom. The third-order valence-electron chi connectivity index (χ3n) is 1.65. The normalized spacial score (nSPS) is 23.6. The zero-order chi connectivity index (χ0) is 8.43. The molecule has 1 atom stereocenters. The highest BCUT2D eigenvalue weighted by Crippen LogP contribution is 2.25. The van der Waals surface area contributed by atoms with Gasteiger partial charge in [-0.15, -0.1) is 6.58 Å². The van der Waals surface area contributed by atoms with Crippen molar-refractivity contribution in [2.45, 2.75) is 12.5 Å². The molecule has 1 rings (SSSR count). The lowest BCUT2D eigenvalue weighted by atomic mass is 10.1. The second-order valence-electron chi connectivity index (χ2n) is 2.42. The predicted octanol–water partition coefficient (Wildman–Crippen LogP) is 1.60. The van der Waals surface area contributed by atoms with Gasteiger partial charge in [0, 0.05) is 6.42 Å². The average molecular weight is 150 g/mol. The van der Waals surface area contributed by atoms with Gasteiger partial charge in [-0.05, 0) is 5.57 Å². The van der Waals surface area contributed by atoms with Crippen molar-refractivity contribution in [3.05, 3.63) is 37.0 Å². The van der Waals surface area contributed by atoms with Crippen LogP contribution in [0.25, 0.3) is 0 Å². The molecule has 1 heterocycles. The SMILES string of the molecule is C=CCC1OC(=O)C(=C)C1=C. The van der Waals surface area contributed by atoms with Gasteiger partial charge in [0.1, 0.15) is 6.10 Å². The average Bonchev–Trinajstić information content (AvgIpc) is 2.19. The van der Waals surface area contributed by atoms with Crippen LogP contribution in [-0.4, -0.2) is 12.1 Å². The molecule has 0 amide bonds. The van der Waals surface area contributed by atoms with Gasteiger partial charge in [-0.3, -0.25) is 0 Å². The first-order valence-electron chi connectivity index (χ1n) is 3.36. The first-order valence-corrected chi connectivity index (χ1v) is 3.36. The third-order valence-corrected chi connectivity index (χ3v) is 1.65. The van der Waals surface area contributed by atoms with Crippen LogP contribution in [0.4, 0.5) is 0 Å². The van der Waals surface area contributed by atoms with E-state index in [-0.39, 0.29) is 12.1 Å². The number of cyclic esters (lactones) is 1. The van der Waals surface area contributed by atoms with Crippen LogP contribution >= 0.6 is 0 Å². The molecule has 0 aliphatic carbocycles. The lowest BCUT2D eigenvalue weighted by Crippen LogP contribution is -2.05. The van der Waals surface area contributed by atoms with E-state index in [4.69, 9.17) is 4.74 Å². The van der Waals surface area contributed by atoms with Crippen molar-refractivity contribution in [3.8, 4) is 0 Å². The smallest absolute Gasteiger partial charge is 0.338 e. The molecule has 2 nitrogen and oxygen atoms in total. The molecule has 1 saturated heterocycles. The number of esters is 1. The van der Waals surface area contributed by atoms with E-state index < -0.39 is 0 Å². The van der Waals surface area contributed by atoms with E-state index in [1.807, 2.05) is 0 Å². The van der Waals surface area contributed by atoms with E-state index in [0.717, 1.165) is 0 Å². The molecule has 0 aromatic carbocycles. The first-order chi connectivity index (χ1) is 5.16. The second kappa shape index (κ2) is 2.74. The molecule has 0 N–H and O–H groups in total. The van der Waals surface area contributed by atoms with Gasteiger partial charge in [0.15, 0.2) is 0 Å². The summed E-state index contributed by atoms with van der Waals surface area (Å²) >= 11 is 0. The maximum absolute atomic E-state index is 10.9. The lowest BCUT2D eigenvalue weighted by molar-refractivity contribution is -0.138. The molecule has 0 aromatic heterocycles. The van der Waals surface area contributed by atoms with Crippen LogP contribution in [0.15, 0.2) is 37.0 Å². The fourth-order valence-corrected chi connectivity index (χ4v) is 0.939. The lowest BCUT2D eigenvalue weighted by Gasteiger charge is -2.04. The van der Waals surface area contributed by atoms with Gasteiger partial charge >= 0.3 is 5.97 Å². The summed E-state index contributed by atoms with van der Waals surface area (Å²) in [5.41, 5.74) is 1.06. The summed E-state index contributed by atoms with van der Waals surface area (Å²) < 4.78 is 4.92. The Kier molecular flexibility index (Phi) is 1.94. The van der Waals surface area contributed by atoms with Crippen molar-refractivity contribution in [1.82, 2.24) is 0 Å². The van der Waals surface area contributed by atoms with Gasteiger partial charge in [0.25, 0.3) is 0 Å². The molecule has 0 aromatic rings. The Bertz CT molecular complexity index is 238. The summed E-state index contributed by atoms with van der Waals surface area (Å²) in [5, 5.41) is 0. The van der Waals surface area contributed by atoms with Gasteiger partial charge < -0.3 is 4.74 Å². The molecule has 0 bridgehead atoms. The summed E-state index contributed by atoms with van der Waals surface area (Å²) in [6.45, 7) is 10.8. The Morgan fingerprint density at radius 1 is 1.55 bits per heavy atom. The number of ether oxygens (including phenoxy) is 1. The van der Waals surface area contributed by atoms with Crippen molar-refractivity contribution in [2.24, 2.45) is 0 Å². The maximum atomic E-state index is 10.9. The molecule has 58 valence electrons. The van der Waals surface area contributed by atoms with E-state index >= 15 is 0 Å². The summed E-state index contributed by atoms with van der Waals surface area (Å²) in [6, 6.07) is 0. The maximum Gasteiger partial charge on any atom is 0.338 e. The minimum absolute atomic E-state index is 0.229. The second-order valence-corrected chi connectivity index (χ2v) is 2.42. The molecule has 0 spiro atoms. The highest BCUT2D eigenvalue weighted by atomic mass is 16.5. The fraction of sp³-hybridized carbons (Fsp3) is 0.222. The number of hydrogen-bond donors (Lipinski definition) is 0. The topological polar surface area (TPSA) is 26.3 Å². The predicted molar refractivity (Wildman–Crippen MR) is 43.0 cm³/mol. The number of carbonyl (C=O) groups excluding carboxylic acids is 1. The van der Waals surface area contributed by atoms with Gasteiger partial charge in [0.2, 0.25) is 0 Å². The Labute approximate surface area is 65.9 Å². The van der Waals surface area contributed by atoms with Crippen LogP contribution in [0.3, 0.4) is 0 Å². The number of hydrogen-bond acceptors (Lipinski definition) is 2. The van der Waals surface area contributed by atoms with Crippen molar-refractivity contribution >= 4 is 5.97 Å². The van der Waals surface area contributed by atoms with E-state index in [1.165, 1.54) is 0 Å². The quantitative estimate of drug-likeness (QED) is 0.339. The van der Waals surface area contributed by atoms with Gasteiger partial charge in [-0.25, -0.2) is 4.79 Å². The monoisotopic (exact) mass is 150 g/mol.